The zero-order valence-electron chi connectivity index (χ0n) is 16.0. The van der Waals surface area contributed by atoms with Crippen LogP contribution in [0.4, 0.5) is 5.69 Å². The molecule has 2 aromatic carbocycles. The van der Waals surface area contributed by atoms with Crippen molar-refractivity contribution in [2.45, 2.75) is 29.6 Å². The fraction of sp³-hybridized carbons (Fsp3) is 0.381. The molecule has 0 fully saturated rings. The van der Waals surface area contributed by atoms with Crippen LogP contribution in [0.1, 0.15) is 22.8 Å². The number of halogens is 1. The minimum absolute atomic E-state index is 0. The van der Waals surface area contributed by atoms with E-state index in [1.807, 2.05) is 69.6 Å². The molecule has 1 aliphatic rings. The fourth-order valence-electron chi connectivity index (χ4n) is 3.17. The normalized spacial score (nSPS) is 19.4. The number of para-hydroxylation sites is 1. The number of thioether (sulfide) groups is 1. The summed E-state index contributed by atoms with van der Waals surface area (Å²) in [6.45, 7) is 3.54. The van der Waals surface area contributed by atoms with Crippen LogP contribution in [0.2, 0.25) is 0 Å². The number of rotatable bonds is 5. The fourth-order valence-corrected chi connectivity index (χ4v) is 4.44. The first-order valence-electron chi connectivity index (χ1n) is 8.94. The second-order valence-electron chi connectivity index (χ2n) is 7.01. The van der Waals surface area contributed by atoms with Crippen LogP contribution in [0.5, 0.6) is 0 Å². The highest BCUT2D eigenvalue weighted by atomic mass is 35.5. The minimum atomic E-state index is -1.06. The van der Waals surface area contributed by atoms with E-state index in [-0.39, 0.29) is 23.6 Å². The molecule has 6 heteroatoms. The van der Waals surface area contributed by atoms with Gasteiger partial charge in [-0.1, -0.05) is 42.0 Å². The van der Waals surface area contributed by atoms with Gasteiger partial charge in [0.25, 0.3) is 5.91 Å². The second kappa shape index (κ2) is 9.60. The first kappa shape index (κ1) is 21.8. The van der Waals surface area contributed by atoms with Crippen molar-refractivity contribution in [2.75, 3.05) is 32.1 Å². The van der Waals surface area contributed by atoms with E-state index in [9.17, 15) is 9.90 Å². The summed E-state index contributed by atoms with van der Waals surface area (Å²) < 4.78 is 0. The molecule has 4 nitrogen and oxygen atoms in total. The van der Waals surface area contributed by atoms with Gasteiger partial charge in [0.1, 0.15) is 6.10 Å². The number of hydrogen-bond acceptors (Lipinski definition) is 4. The van der Waals surface area contributed by atoms with Gasteiger partial charge in [0.2, 0.25) is 0 Å². The molecule has 1 aliphatic heterocycles. The van der Waals surface area contributed by atoms with Gasteiger partial charge in [-0.05, 0) is 51.7 Å². The third-order valence-corrected chi connectivity index (χ3v) is 5.99. The van der Waals surface area contributed by atoms with Crippen molar-refractivity contribution < 1.29 is 9.90 Å². The maximum atomic E-state index is 13.1. The number of carbonyl (C=O) groups excluding carboxylic acids is 1. The Balaban J connectivity index is 0.00000261. The molecule has 0 aromatic heterocycles. The average molecular weight is 407 g/mol. The van der Waals surface area contributed by atoms with Gasteiger partial charge < -0.3 is 14.9 Å². The molecule has 0 spiro atoms. The standard InChI is InChI=1S/C21H26N2O2S.ClH/c1-15-9-11-16(12-10-15)20-19(24)21(25)23(14-6-13-22(2)3)17-7-4-5-8-18(17)26-20;/h4-5,7-12,19-20,24H,6,13-14H2,1-3H3;1H. The molecule has 0 saturated heterocycles. The lowest BCUT2D eigenvalue weighted by molar-refractivity contribution is -0.126. The van der Waals surface area contributed by atoms with Gasteiger partial charge in [-0.25, -0.2) is 0 Å². The first-order chi connectivity index (χ1) is 12.5. The van der Waals surface area contributed by atoms with E-state index in [1.165, 1.54) is 5.56 Å². The van der Waals surface area contributed by atoms with E-state index in [2.05, 4.69) is 4.90 Å². The molecule has 2 aromatic rings. The van der Waals surface area contributed by atoms with Gasteiger partial charge in [-0.3, -0.25) is 4.79 Å². The van der Waals surface area contributed by atoms with E-state index < -0.39 is 6.10 Å². The molecular formula is C21H27ClN2O2S. The third kappa shape index (κ3) is 5.05. The molecule has 0 radical (unpaired) electrons. The number of fused-ring (bicyclic) bond motifs is 1. The van der Waals surface area contributed by atoms with Crippen LogP contribution in [-0.4, -0.2) is 49.2 Å². The Hall–Kier alpha value is -1.53. The second-order valence-corrected chi connectivity index (χ2v) is 8.19. The van der Waals surface area contributed by atoms with E-state index >= 15 is 0 Å². The highest BCUT2D eigenvalue weighted by Crippen LogP contribution is 2.45. The summed E-state index contributed by atoms with van der Waals surface area (Å²) >= 11 is 1.57. The summed E-state index contributed by atoms with van der Waals surface area (Å²) in [5.74, 6) is -0.216. The van der Waals surface area contributed by atoms with E-state index in [1.54, 1.807) is 16.7 Å². The molecule has 3 rings (SSSR count). The SMILES string of the molecule is Cc1ccc(C2Sc3ccccc3N(CCCN(C)C)C(=O)C2O)cc1.Cl. The lowest BCUT2D eigenvalue weighted by atomic mass is 10.0. The largest absolute Gasteiger partial charge is 0.382 e. The molecule has 1 N–H and O–H groups in total. The van der Waals surface area contributed by atoms with Crippen molar-refractivity contribution in [1.82, 2.24) is 4.90 Å². The Kier molecular flexibility index (Phi) is 7.74. The van der Waals surface area contributed by atoms with E-state index in [0.717, 1.165) is 29.1 Å². The number of hydrogen-bond donors (Lipinski definition) is 1. The smallest absolute Gasteiger partial charge is 0.257 e. The zero-order chi connectivity index (χ0) is 18.7. The Morgan fingerprint density at radius 3 is 2.44 bits per heavy atom. The molecule has 0 saturated carbocycles. The van der Waals surface area contributed by atoms with Crippen LogP contribution in [0, 0.1) is 6.92 Å². The monoisotopic (exact) mass is 406 g/mol. The number of amides is 1. The maximum absolute atomic E-state index is 13.1. The quantitative estimate of drug-likeness (QED) is 0.817. The summed E-state index contributed by atoms with van der Waals surface area (Å²) in [5.41, 5.74) is 3.04. The number of nitrogens with zero attached hydrogens (tertiary/aromatic N) is 2. The highest BCUT2D eigenvalue weighted by Gasteiger charge is 2.36. The Labute approximate surface area is 172 Å². The zero-order valence-corrected chi connectivity index (χ0v) is 17.6. The minimum Gasteiger partial charge on any atom is -0.382 e. The van der Waals surface area contributed by atoms with Crippen LogP contribution in [0.25, 0.3) is 0 Å². The summed E-state index contributed by atoms with van der Waals surface area (Å²) in [5, 5.41) is 10.6. The molecule has 0 bridgehead atoms. The molecule has 2 unspecified atom stereocenters. The highest BCUT2D eigenvalue weighted by molar-refractivity contribution is 7.99. The van der Waals surface area contributed by atoms with Crippen LogP contribution in [-0.2, 0) is 4.79 Å². The Bertz CT molecular complexity index is 767. The topological polar surface area (TPSA) is 43.8 Å². The van der Waals surface area contributed by atoms with Gasteiger partial charge in [-0.15, -0.1) is 24.2 Å². The number of anilines is 1. The predicted molar refractivity (Wildman–Crippen MR) is 115 cm³/mol. The van der Waals surface area contributed by atoms with Crippen molar-refractivity contribution in [2.24, 2.45) is 0 Å². The summed E-state index contributed by atoms with van der Waals surface area (Å²) in [4.78, 5) is 18.0. The van der Waals surface area contributed by atoms with Gasteiger partial charge in [-0.2, -0.15) is 0 Å². The average Bonchev–Trinajstić information content (AvgIpc) is 2.73. The Morgan fingerprint density at radius 2 is 1.78 bits per heavy atom. The molecule has 1 amide bonds. The Morgan fingerprint density at radius 1 is 1.11 bits per heavy atom. The molecular weight excluding hydrogens is 380 g/mol. The van der Waals surface area contributed by atoms with Crippen LogP contribution < -0.4 is 4.90 Å². The first-order valence-corrected chi connectivity index (χ1v) is 9.82. The number of aliphatic hydroxyl groups excluding tert-OH is 1. The van der Waals surface area contributed by atoms with Gasteiger partial charge >= 0.3 is 0 Å². The van der Waals surface area contributed by atoms with Crippen LogP contribution in [0.3, 0.4) is 0 Å². The lowest BCUT2D eigenvalue weighted by Crippen LogP contribution is -2.41. The van der Waals surface area contributed by atoms with Gasteiger partial charge in [0.15, 0.2) is 0 Å². The lowest BCUT2D eigenvalue weighted by Gasteiger charge is -2.25. The number of carbonyl (C=O) groups is 1. The van der Waals surface area contributed by atoms with Crippen LogP contribution >= 0.6 is 24.2 Å². The van der Waals surface area contributed by atoms with E-state index in [4.69, 9.17) is 0 Å². The van der Waals surface area contributed by atoms with Crippen LogP contribution in [0.15, 0.2) is 53.4 Å². The number of benzene rings is 2. The van der Waals surface area contributed by atoms with Crippen molar-refractivity contribution in [3.63, 3.8) is 0 Å². The van der Waals surface area contributed by atoms with Crippen molar-refractivity contribution in [3.8, 4) is 0 Å². The molecule has 146 valence electrons. The van der Waals surface area contributed by atoms with Crippen molar-refractivity contribution >= 4 is 35.8 Å². The van der Waals surface area contributed by atoms with E-state index in [0.29, 0.717) is 6.54 Å². The molecule has 27 heavy (non-hydrogen) atoms. The van der Waals surface area contributed by atoms with Crippen molar-refractivity contribution in [1.29, 1.82) is 0 Å². The summed E-state index contributed by atoms with van der Waals surface area (Å²) in [6.07, 6.45) is -0.200. The summed E-state index contributed by atoms with van der Waals surface area (Å²) in [7, 11) is 4.05. The van der Waals surface area contributed by atoms with Gasteiger partial charge in [0, 0.05) is 11.4 Å². The molecule has 0 aliphatic carbocycles. The third-order valence-electron chi connectivity index (χ3n) is 4.61. The number of aryl methyl sites for hydroxylation is 1. The van der Waals surface area contributed by atoms with Gasteiger partial charge in [0.05, 0.1) is 10.9 Å². The maximum Gasteiger partial charge on any atom is 0.257 e. The predicted octanol–water partition coefficient (Wildman–Crippen LogP) is 3.91. The molecule has 1 heterocycles. The molecule has 2 atom stereocenters. The summed E-state index contributed by atoms with van der Waals surface area (Å²) in [6, 6.07) is 16.0. The van der Waals surface area contributed by atoms with Crippen molar-refractivity contribution in [3.05, 3.63) is 59.7 Å². The number of aliphatic hydroxyl groups is 1.